The lowest BCUT2D eigenvalue weighted by molar-refractivity contribution is 0.321. The predicted octanol–water partition coefficient (Wildman–Crippen LogP) is 5.39. The Kier molecular flexibility index (Phi) is 5.39. The number of aryl methyl sites for hydroxylation is 1. The van der Waals surface area contributed by atoms with Crippen LogP contribution in [0, 0.1) is 6.92 Å². The fraction of sp³-hybridized carbons (Fsp3) is 0.200. The summed E-state index contributed by atoms with van der Waals surface area (Å²) in [6, 6.07) is 15.7. The number of fused-ring (bicyclic) bond motifs is 1. The molecule has 0 saturated carbocycles. The lowest BCUT2D eigenvalue weighted by Gasteiger charge is -2.14. The van der Waals surface area contributed by atoms with Crippen LogP contribution in [0.5, 0.6) is 5.75 Å². The van der Waals surface area contributed by atoms with Gasteiger partial charge in [-0.05, 0) is 43.2 Å². The molecule has 0 aliphatic heterocycles. The zero-order chi connectivity index (χ0) is 18.7. The molecule has 0 unspecified atom stereocenters. The molecule has 3 aromatic carbocycles. The van der Waals surface area contributed by atoms with Crippen LogP contribution in [0.2, 0.25) is 5.02 Å². The summed E-state index contributed by atoms with van der Waals surface area (Å²) in [6.45, 7) is 4.47. The van der Waals surface area contributed by atoms with Gasteiger partial charge in [-0.2, -0.15) is 0 Å². The predicted molar refractivity (Wildman–Crippen MR) is 107 cm³/mol. The fourth-order valence-electron chi connectivity index (χ4n) is 2.68. The summed E-state index contributed by atoms with van der Waals surface area (Å²) in [6.07, 6.45) is 0.879. The summed E-state index contributed by atoms with van der Waals surface area (Å²) in [5.41, 5.74) is 1.31. The molecular formula is C20H20ClNO3S. The molecule has 3 aromatic rings. The average Bonchev–Trinajstić information content (AvgIpc) is 2.62. The normalized spacial score (nSPS) is 11.5. The number of hydrogen-bond donors (Lipinski definition) is 1. The van der Waals surface area contributed by atoms with E-state index in [0.717, 1.165) is 17.4 Å². The van der Waals surface area contributed by atoms with Gasteiger partial charge in [0.2, 0.25) is 0 Å². The lowest BCUT2D eigenvalue weighted by atomic mass is 10.1. The monoisotopic (exact) mass is 389 g/mol. The molecule has 0 aliphatic rings. The number of hydrogen-bond acceptors (Lipinski definition) is 3. The van der Waals surface area contributed by atoms with E-state index in [1.807, 2.05) is 32.0 Å². The van der Waals surface area contributed by atoms with Gasteiger partial charge in [0, 0.05) is 15.8 Å². The Hall–Kier alpha value is -2.24. The van der Waals surface area contributed by atoms with Gasteiger partial charge in [-0.1, -0.05) is 48.9 Å². The van der Waals surface area contributed by atoms with Crippen molar-refractivity contribution < 1.29 is 13.2 Å². The first-order valence-electron chi connectivity index (χ1n) is 8.36. The highest BCUT2D eigenvalue weighted by Gasteiger charge is 2.19. The van der Waals surface area contributed by atoms with E-state index in [2.05, 4.69) is 4.72 Å². The van der Waals surface area contributed by atoms with Crippen molar-refractivity contribution in [3.05, 3.63) is 65.2 Å². The second-order valence-corrected chi connectivity index (χ2v) is 8.08. The quantitative estimate of drug-likeness (QED) is 0.614. The Morgan fingerprint density at radius 2 is 1.77 bits per heavy atom. The van der Waals surface area contributed by atoms with Crippen LogP contribution in [0.15, 0.2) is 59.5 Å². The first-order valence-corrected chi connectivity index (χ1v) is 10.2. The number of ether oxygens (including phenoxy) is 1. The maximum Gasteiger partial charge on any atom is 0.262 e. The molecule has 0 spiro atoms. The Balaban J connectivity index is 2.04. The largest absolute Gasteiger partial charge is 0.493 e. The Morgan fingerprint density at radius 1 is 1.04 bits per heavy atom. The smallest absolute Gasteiger partial charge is 0.262 e. The van der Waals surface area contributed by atoms with E-state index in [9.17, 15) is 8.42 Å². The van der Waals surface area contributed by atoms with Gasteiger partial charge in [0.15, 0.2) is 0 Å². The maximum atomic E-state index is 12.9. The van der Waals surface area contributed by atoms with Gasteiger partial charge in [-0.25, -0.2) is 8.42 Å². The molecule has 0 heterocycles. The van der Waals surface area contributed by atoms with E-state index in [0.29, 0.717) is 28.5 Å². The molecule has 1 N–H and O–H groups in total. The Morgan fingerprint density at radius 3 is 2.46 bits per heavy atom. The average molecular weight is 390 g/mol. The van der Waals surface area contributed by atoms with E-state index in [4.69, 9.17) is 16.3 Å². The van der Waals surface area contributed by atoms with E-state index < -0.39 is 10.0 Å². The molecule has 0 amide bonds. The number of nitrogens with one attached hydrogen (secondary N) is 1. The summed E-state index contributed by atoms with van der Waals surface area (Å²) in [7, 11) is -3.77. The number of anilines is 1. The van der Waals surface area contributed by atoms with Gasteiger partial charge in [-0.3, -0.25) is 4.72 Å². The van der Waals surface area contributed by atoms with E-state index in [1.165, 1.54) is 0 Å². The van der Waals surface area contributed by atoms with Gasteiger partial charge in [0.1, 0.15) is 5.75 Å². The van der Waals surface area contributed by atoms with Crippen LogP contribution in [0.4, 0.5) is 5.69 Å². The number of rotatable bonds is 6. The van der Waals surface area contributed by atoms with Crippen LogP contribution in [-0.4, -0.2) is 15.0 Å². The van der Waals surface area contributed by atoms with Crippen LogP contribution in [0.25, 0.3) is 10.8 Å². The van der Waals surface area contributed by atoms with Gasteiger partial charge < -0.3 is 4.74 Å². The highest BCUT2D eigenvalue weighted by Crippen LogP contribution is 2.32. The standard InChI is InChI=1S/C20H20ClNO3S/c1-3-12-25-19-10-11-20(17-7-5-4-6-16(17)19)26(23,24)22-15-9-8-14(2)18(21)13-15/h4-11,13,22H,3,12H2,1-2H3. The Bertz CT molecular complexity index is 1050. The summed E-state index contributed by atoms with van der Waals surface area (Å²) in [5.74, 6) is 0.680. The summed E-state index contributed by atoms with van der Waals surface area (Å²) >= 11 is 6.10. The van der Waals surface area contributed by atoms with E-state index in [-0.39, 0.29) is 4.90 Å². The zero-order valence-corrected chi connectivity index (χ0v) is 16.2. The molecule has 0 aromatic heterocycles. The number of benzene rings is 3. The highest BCUT2D eigenvalue weighted by molar-refractivity contribution is 7.93. The van der Waals surface area contributed by atoms with Crippen LogP contribution in [-0.2, 0) is 10.0 Å². The summed E-state index contributed by atoms with van der Waals surface area (Å²) in [4.78, 5) is 0.202. The van der Waals surface area contributed by atoms with Crippen LogP contribution in [0.3, 0.4) is 0 Å². The fourth-order valence-corrected chi connectivity index (χ4v) is 4.12. The minimum atomic E-state index is -3.77. The molecule has 4 nitrogen and oxygen atoms in total. The minimum Gasteiger partial charge on any atom is -0.493 e. The van der Waals surface area contributed by atoms with Crippen molar-refractivity contribution in [2.75, 3.05) is 11.3 Å². The molecule has 0 fully saturated rings. The van der Waals surface area contributed by atoms with E-state index >= 15 is 0 Å². The minimum absolute atomic E-state index is 0.202. The molecule has 26 heavy (non-hydrogen) atoms. The molecule has 0 atom stereocenters. The number of halogens is 1. The van der Waals surface area contributed by atoms with Crippen LogP contribution in [0.1, 0.15) is 18.9 Å². The van der Waals surface area contributed by atoms with Crippen molar-refractivity contribution in [3.63, 3.8) is 0 Å². The van der Waals surface area contributed by atoms with Gasteiger partial charge in [-0.15, -0.1) is 0 Å². The third-order valence-corrected chi connectivity index (χ3v) is 5.87. The van der Waals surface area contributed by atoms with Crippen molar-refractivity contribution in [3.8, 4) is 5.75 Å². The molecule has 6 heteroatoms. The third kappa shape index (κ3) is 3.79. The first-order chi connectivity index (χ1) is 12.4. The molecule has 0 radical (unpaired) electrons. The topological polar surface area (TPSA) is 55.4 Å². The summed E-state index contributed by atoms with van der Waals surface area (Å²) in [5, 5.41) is 1.90. The Labute approximate surface area is 158 Å². The van der Waals surface area contributed by atoms with Gasteiger partial charge in [0.05, 0.1) is 17.2 Å². The number of sulfonamides is 1. The molecular weight excluding hydrogens is 370 g/mol. The third-order valence-electron chi connectivity index (χ3n) is 4.02. The van der Waals surface area contributed by atoms with Crippen LogP contribution >= 0.6 is 11.6 Å². The second-order valence-electron chi connectivity index (χ2n) is 6.03. The molecule has 136 valence electrons. The first kappa shape index (κ1) is 18.5. The van der Waals surface area contributed by atoms with E-state index in [1.54, 1.807) is 36.4 Å². The van der Waals surface area contributed by atoms with Gasteiger partial charge >= 0.3 is 0 Å². The molecule has 0 bridgehead atoms. The SMILES string of the molecule is CCCOc1ccc(S(=O)(=O)Nc2ccc(C)c(Cl)c2)c2ccccc12. The van der Waals surface area contributed by atoms with Gasteiger partial charge in [0.25, 0.3) is 10.0 Å². The highest BCUT2D eigenvalue weighted by atomic mass is 35.5. The molecule has 0 saturated heterocycles. The molecule has 0 aliphatic carbocycles. The van der Waals surface area contributed by atoms with Crippen molar-refractivity contribution in [2.24, 2.45) is 0 Å². The van der Waals surface area contributed by atoms with Crippen molar-refractivity contribution in [1.29, 1.82) is 0 Å². The second kappa shape index (κ2) is 7.56. The van der Waals surface area contributed by atoms with Crippen molar-refractivity contribution >= 4 is 38.1 Å². The molecule has 3 rings (SSSR count). The lowest BCUT2D eigenvalue weighted by Crippen LogP contribution is -2.13. The summed E-state index contributed by atoms with van der Waals surface area (Å²) < 4.78 is 34.2. The van der Waals surface area contributed by atoms with Crippen molar-refractivity contribution in [2.45, 2.75) is 25.2 Å². The zero-order valence-electron chi connectivity index (χ0n) is 14.6. The maximum absolute atomic E-state index is 12.9. The van der Waals surface area contributed by atoms with Crippen molar-refractivity contribution in [1.82, 2.24) is 0 Å². The van der Waals surface area contributed by atoms with Crippen LogP contribution < -0.4 is 9.46 Å².